The molecule has 0 heterocycles. The van der Waals surface area contributed by atoms with Crippen LogP contribution in [0, 0.1) is 5.41 Å². The van der Waals surface area contributed by atoms with Crippen molar-refractivity contribution >= 4 is 0 Å². The van der Waals surface area contributed by atoms with Crippen molar-refractivity contribution in [3.05, 3.63) is 0 Å². The van der Waals surface area contributed by atoms with Crippen molar-refractivity contribution in [2.75, 3.05) is 26.2 Å². The van der Waals surface area contributed by atoms with E-state index >= 15 is 0 Å². The molecule has 0 aliphatic rings. The molecule has 0 aromatic carbocycles. The lowest BCUT2D eigenvalue weighted by Gasteiger charge is -2.34. The van der Waals surface area contributed by atoms with E-state index in [1.165, 1.54) is 0 Å². The Hall–Kier alpha value is -0.120. The molecule has 1 unspecified atom stereocenters. The zero-order valence-corrected chi connectivity index (χ0v) is 13.5. The minimum Gasteiger partial charge on any atom is -0.389 e. The predicted molar refractivity (Wildman–Crippen MR) is 79.9 cm³/mol. The Morgan fingerprint density at radius 3 is 2.00 bits per heavy atom. The lowest BCUT2D eigenvalue weighted by molar-refractivity contribution is 0.0353. The quantitative estimate of drug-likeness (QED) is 0.702. The van der Waals surface area contributed by atoms with Gasteiger partial charge < -0.3 is 15.3 Å². The number of nitrogens with one attached hydrogen (secondary N) is 1. The van der Waals surface area contributed by atoms with Crippen LogP contribution in [0.15, 0.2) is 0 Å². The first-order chi connectivity index (χ1) is 8.10. The summed E-state index contributed by atoms with van der Waals surface area (Å²) in [5.41, 5.74) is -0.324. The summed E-state index contributed by atoms with van der Waals surface area (Å²) in [5.74, 6) is 0. The Balaban J connectivity index is 4.31. The summed E-state index contributed by atoms with van der Waals surface area (Å²) >= 11 is 0. The molecule has 0 radical (unpaired) electrons. The minimum absolute atomic E-state index is 0.282. The maximum absolute atomic E-state index is 9.89. The molecular formula is C15H34N2O. The normalized spacial score (nSPS) is 15.2. The molecule has 2 N–H and O–H groups in total. The van der Waals surface area contributed by atoms with E-state index in [0.717, 1.165) is 32.6 Å². The van der Waals surface area contributed by atoms with E-state index in [4.69, 9.17) is 0 Å². The summed E-state index contributed by atoms with van der Waals surface area (Å²) in [6, 6.07) is 0.526. The maximum Gasteiger partial charge on any atom is 0.0718 e. The molecule has 0 saturated heterocycles. The van der Waals surface area contributed by atoms with Crippen molar-refractivity contribution in [3.8, 4) is 0 Å². The third-order valence-electron chi connectivity index (χ3n) is 3.29. The second kappa shape index (κ2) is 7.46. The minimum atomic E-state index is -0.606. The van der Waals surface area contributed by atoms with Gasteiger partial charge in [-0.25, -0.2) is 0 Å². The van der Waals surface area contributed by atoms with Crippen molar-refractivity contribution in [3.63, 3.8) is 0 Å². The molecule has 3 nitrogen and oxygen atoms in total. The summed E-state index contributed by atoms with van der Waals surface area (Å²) in [6.07, 6.45) is 1.13. The number of likely N-dealkylation sites (N-methyl/N-ethyl adjacent to an activating group) is 1. The fourth-order valence-electron chi connectivity index (χ4n) is 2.30. The van der Waals surface area contributed by atoms with Crippen LogP contribution in [0.3, 0.4) is 0 Å². The van der Waals surface area contributed by atoms with Crippen LogP contribution in [0.1, 0.15) is 54.9 Å². The number of rotatable bonds is 8. The Morgan fingerprint density at radius 2 is 1.67 bits per heavy atom. The zero-order valence-electron chi connectivity index (χ0n) is 13.5. The van der Waals surface area contributed by atoms with Crippen molar-refractivity contribution in [2.45, 2.75) is 66.5 Å². The fourth-order valence-corrected chi connectivity index (χ4v) is 2.30. The van der Waals surface area contributed by atoms with E-state index in [-0.39, 0.29) is 5.41 Å². The van der Waals surface area contributed by atoms with Gasteiger partial charge in [0.1, 0.15) is 0 Å². The molecule has 0 bridgehead atoms. The summed E-state index contributed by atoms with van der Waals surface area (Å²) in [7, 11) is 0. The van der Waals surface area contributed by atoms with Crippen LogP contribution in [0.2, 0.25) is 0 Å². The highest BCUT2D eigenvalue weighted by atomic mass is 16.3. The lowest BCUT2D eigenvalue weighted by atomic mass is 9.84. The van der Waals surface area contributed by atoms with Crippen LogP contribution in [0.25, 0.3) is 0 Å². The molecule has 0 aliphatic carbocycles. The van der Waals surface area contributed by atoms with Gasteiger partial charge in [-0.1, -0.05) is 34.6 Å². The van der Waals surface area contributed by atoms with E-state index in [9.17, 15) is 5.11 Å². The summed E-state index contributed by atoms with van der Waals surface area (Å²) < 4.78 is 0. The smallest absolute Gasteiger partial charge is 0.0718 e. The van der Waals surface area contributed by atoms with Gasteiger partial charge in [0.05, 0.1) is 5.60 Å². The summed E-state index contributed by atoms with van der Waals surface area (Å²) in [5, 5.41) is 13.5. The van der Waals surface area contributed by atoms with E-state index in [0.29, 0.717) is 6.04 Å². The van der Waals surface area contributed by atoms with Crippen LogP contribution in [0.5, 0.6) is 0 Å². The molecule has 0 saturated carbocycles. The van der Waals surface area contributed by atoms with E-state index in [2.05, 4.69) is 44.8 Å². The molecule has 0 spiro atoms. The number of aliphatic hydroxyl groups is 1. The standard InChI is InChI=1S/C15H34N2O/c1-8-16-13(14(3,4)5)10-11-17(9-2)12-15(6,7)18/h13,16,18H,8-12H2,1-7H3. The van der Waals surface area contributed by atoms with Gasteiger partial charge in [0.25, 0.3) is 0 Å². The van der Waals surface area contributed by atoms with Crippen LogP contribution < -0.4 is 5.32 Å². The van der Waals surface area contributed by atoms with Gasteiger partial charge in [-0.2, -0.15) is 0 Å². The molecule has 0 aromatic rings. The van der Waals surface area contributed by atoms with Gasteiger partial charge in [-0.15, -0.1) is 0 Å². The Bertz CT molecular complexity index is 216. The van der Waals surface area contributed by atoms with Gasteiger partial charge in [0, 0.05) is 12.6 Å². The fraction of sp³-hybridized carbons (Fsp3) is 1.00. The van der Waals surface area contributed by atoms with Gasteiger partial charge in [-0.05, 0) is 45.3 Å². The topological polar surface area (TPSA) is 35.5 Å². The first kappa shape index (κ1) is 17.9. The second-order valence-corrected chi connectivity index (χ2v) is 6.95. The molecule has 110 valence electrons. The van der Waals surface area contributed by atoms with Crippen molar-refractivity contribution in [1.29, 1.82) is 0 Å². The third kappa shape index (κ3) is 8.06. The van der Waals surface area contributed by atoms with E-state index in [1.807, 2.05) is 13.8 Å². The van der Waals surface area contributed by atoms with Crippen LogP contribution in [-0.2, 0) is 0 Å². The highest BCUT2D eigenvalue weighted by Crippen LogP contribution is 2.22. The number of hydrogen-bond donors (Lipinski definition) is 2. The van der Waals surface area contributed by atoms with Crippen molar-refractivity contribution in [1.82, 2.24) is 10.2 Å². The molecule has 0 fully saturated rings. The molecule has 1 atom stereocenters. The number of nitrogens with zero attached hydrogens (tertiary/aromatic N) is 1. The predicted octanol–water partition coefficient (Wildman–Crippen LogP) is 2.49. The largest absolute Gasteiger partial charge is 0.389 e. The third-order valence-corrected chi connectivity index (χ3v) is 3.29. The van der Waals surface area contributed by atoms with Gasteiger partial charge in [0.2, 0.25) is 0 Å². The highest BCUT2D eigenvalue weighted by molar-refractivity contribution is 4.82. The van der Waals surface area contributed by atoms with Gasteiger partial charge >= 0.3 is 0 Å². The van der Waals surface area contributed by atoms with Gasteiger partial charge in [-0.3, -0.25) is 0 Å². The number of hydrogen-bond acceptors (Lipinski definition) is 3. The molecule has 3 heteroatoms. The van der Waals surface area contributed by atoms with Gasteiger partial charge in [0.15, 0.2) is 0 Å². The monoisotopic (exact) mass is 258 g/mol. The maximum atomic E-state index is 9.89. The molecular weight excluding hydrogens is 224 g/mol. The Kier molecular flexibility index (Phi) is 7.41. The van der Waals surface area contributed by atoms with Crippen molar-refractivity contribution in [2.24, 2.45) is 5.41 Å². The summed E-state index contributed by atoms with van der Waals surface area (Å²) in [4.78, 5) is 2.33. The van der Waals surface area contributed by atoms with Crippen LogP contribution in [0.4, 0.5) is 0 Å². The lowest BCUT2D eigenvalue weighted by Crippen LogP contribution is -2.45. The Labute approximate surface area is 114 Å². The van der Waals surface area contributed by atoms with E-state index < -0.39 is 5.60 Å². The molecule has 18 heavy (non-hydrogen) atoms. The molecule has 0 aromatic heterocycles. The summed E-state index contributed by atoms with van der Waals surface area (Å²) in [6.45, 7) is 18.7. The Morgan fingerprint density at radius 1 is 1.11 bits per heavy atom. The first-order valence-electron chi connectivity index (χ1n) is 7.28. The zero-order chi connectivity index (χ0) is 14.4. The molecule has 0 rings (SSSR count). The molecule has 0 aliphatic heterocycles. The van der Waals surface area contributed by atoms with Crippen molar-refractivity contribution < 1.29 is 5.11 Å². The van der Waals surface area contributed by atoms with E-state index in [1.54, 1.807) is 0 Å². The van der Waals surface area contributed by atoms with Crippen LogP contribution in [-0.4, -0.2) is 47.8 Å². The average Bonchev–Trinajstić information content (AvgIpc) is 2.18. The average molecular weight is 258 g/mol. The molecule has 0 amide bonds. The second-order valence-electron chi connectivity index (χ2n) is 6.95. The SMILES string of the molecule is CCNC(CCN(CC)CC(C)(C)O)C(C)(C)C. The first-order valence-corrected chi connectivity index (χ1v) is 7.28. The van der Waals surface area contributed by atoms with Crippen LogP contribution >= 0.6 is 0 Å². The highest BCUT2D eigenvalue weighted by Gasteiger charge is 2.25.